The Kier molecular flexibility index (Phi) is 5.11. The third-order valence-electron chi connectivity index (χ3n) is 4.25. The SMILES string of the molecule is Cc1cc(=O)oc2cc(OCC(=O)OCc3ncc(-c4ccccc4)o3)ccc12. The predicted molar refractivity (Wildman–Crippen MR) is 104 cm³/mol. The Morgan fingerprint density at radius 1 is 1.07 bits per heavy atom. The second kappa shape index (κ2) is 8.02. The van der Waals surface area contributed by atoms with E-state index in [-0.39, 0.29) is 13.2 Å². The Labute approximate surface area is 165 Å². The summed E-state index contributed by atoms with van der Waals surface area (Å²) in [6, 6.07) is 16.0. The monoisotopic (exact) mass is 391 g/mol. The molecule has 0 bridgehead atoms. The predicted octanol–water partition coefficient (Wildman–Crippen LogP) is 3.88. The van der Waals surface area contributed by atoms with Crippen molar-refractivity contribution in [1.82, 2.24) is 4.98 Å². The molecule has 2 heterocycles. The van der Waals surface area contributed by atoms with Crippen LogP contribution in [0.5, 0.6) is 5.75 Å². The number of benzene rings is 2. The molecule has 0 amide bonds. The second-order valence-corrected chi connectivity index (χ2v) is 6.34. The van der Waals surface area contributed by atoms with Crippen molar-refractivity contribution in [1.29, 1.82) is 0 Å². The minimum Gasteiger partial charge on any atom is -0.482 e. The molecule has 0 aliphatic carbocycles. The van der Waals surface area contributed by atoms with E-state index in [1.165, 1.54) is 6.07 Å². The smallest absolute Gasteiger partial charge is 0.344 e. The van der Waals surface area contributed by atoms with Crippen LogP contribution in [0, 0.1) is 6.92 Å². The molecule has 29 heavy (non-hydrogen) atoms. The van der Waals surface area contributed by atoms with Crippen LogP contribution in [0.1, 0.15) is 11.5 Å². The van der Waals surface area contributed by atoms with Gasteiger partial charge in [0.05, 0.1) is 6.20 Å². The molecule has 0 N–H and O–H groups in total. The highest BCUT2D eigenvalue weighted by Crippen LogP contribution is 2.22. The molecule has 0 fully saturated rings. The Bertz CT molecular complexity index is 1210. The fraction of sp³-hybridized carbons (Fsp3) is 0.136. The van der Waals surface area contributed by atoms with Crippen LogP contribution in [-0.2, 0) is 16.1 Å². The molecule has 7 nitrogen and oxygen atoms in total. The minimum absolute atomic E-state index is 0.0964. The summed E-state index contributed by atoms with van der Waals surface area (Å²) >= 11 is 0. The average Bonchev–Trinajstić information content (AvgIpc) is 3.20. The largest absolute Gasteiger partial charge is 0.482 e. The number of nitrogens with zero attached hydrogens (tertiary/aromatic N) is 1. The van der Waals surface area contributed by atoms with Crippen molar-refractivity contribution in [3.05, 3.63) is 82.7 Å². The highest BCUT2D eigenvalue weighted by atomic mass is 16.6. The summed E-state index contributed by atoms with van der Waals surface area (Å²) in [5, 5.41) is 0.803. The lowest BCUT2D eigenvalue weighted by molar-refractivity contribution is -0.148. The van der Waals surface area contributed by atoms with Crippen LogP contribution in [0.3, 0.4) is 0 Å². The molecule has 2 aromatic heterocycles. The van der Waals surface area contributed by atoms with E-state index in [0.717, 1.165) is 16.5 Å². The zero-order valence-electron chi connectivity index (χ0n) is 15.6. The van der Waals surface area contributed by atoms with Gasteiger partial charge in [0.1, 0.15) is 11.3 Å². The summed E-state index contributed by atoms with van der Waals surface area (Å²) in [5.41, 5.74) is 1.66. The van der Waals surface area contributed by atoms with E-state index in [2.05, 4.69) is 4.98 Å². The Hall–Kier alpha value is -3.87. The lowest BCUT2D eigenvalue weighted by Gasteiger charge is -2.07. The molecule has 7 heteroatoms. The number of aromatic nitrogens is 1. The third kappa shape index (κ3) is 4.35. The van der Waals surface area contributed by atoms with Gasteiger partial charge in [-0.3, -0.25) is 0 Å². The van der Waals surface area contributed by atoms with Crippen molar-refractivity contribution in [3.63, 3.8) is 0 Å². The number of aryl methyl sites for hydroxylation is 1. The highest BCUT2D eigenvalue weighted by Gasteiger charge is 2.11. The summed E-state index contributed by atoms with van der Waals surface area (Å²) in [5.74, 6) is 0.710. The normalized spacial score (nSPS) is 10.8. The van der Waals surface area contributed by atoms with Gasteiger partial charge in [-0.25, -0.2) is 14.6 Å². The fourth-order valence-corrected chi connectivity index (χ4v) is 2.83. The maximum Gasteiger partial charge on any atom is 0.344 e. The van der Waals surface area contributed by atoms with Gasteiger partial charge in [-0.05, 0) is 24.6 Å². The topological polar surface area (TPSA) is 91.8 Å². The minimum atomic E-state index is -0.574. The molecule has 4 rings (SSSR count). The van der Waals surface area contributed by atoms with Gasteiger partial charge in [-0.15, -0.1) is 0 Å². The summed E-state index contributed by atoms with van der Waals surface area (Å²) in [6.45, 7) is 1.43. The number of hydrogen-bond acceptors (Lipinski definition) is 7. The van der Waals surface area contributed by atoms with Crippen LogP contribution in [-0.4, -0.2) is 17.6 Å². The van der Waals surface area contributed by atoms with Crippen LogP contribution in [0.15, 0.2) is 74.4 Å². The van der Waals surface area contributed by atoms with Crippen LogP contribution in [0.25, 0.3) is 22.3 Å². The maximum atomic E-state index is 11.9. The van der Waals surface area contributed by atoms with E-state index in [1.807, 2.05) is 37.3 Å². The quantitative estimate of drug-likeness (QED) is 0.364. The maximum absolute atomic E-state index is 11.9. The molecule has 0 unspecified atom stereocenters. The number of carbonyl (C=O) groups excluding carboxylic acids is 1. The highest BCUT2D eigenvalue weighted by molar-refractivity contribution is 5.81. The van der Waals surface area contributed by atoms with Crippen LogP contribution < -0.4 is 10.4 Å². The van der Waals surface area contributed by atoms with E-state index < -0.39 is 11.6 Å². The summed E-state index contributed by atoms with van der Waals surface area (Å²) < 4.78 is 21.3. The van der Waals surface area contributed by atoms with Gasteiger partial charge in [0, 0.05) is 23.1 Å². The third-order valence-corrected chi connectivity index (χ3v) is 4.25. The molecule has 0 spiro atoms. The second-order valence-electron chi connectivity index (χ2n) is 6.34. The average molecular weight is 391 g/mol. The zero-order valence-corrected chi connectivity index (χ0v) is 15.6. The van der Waals surface area contributed by atoms with Gasteiger partial charge < -0.3 is 18.3 Å². The van der Waals surface area contributed by atoms with Gasteiger partial charge >= 0.3 is 11.6 Å². The summed E-state index contributed by atoms with van der Waals surface area (Å²) in [4.78, 5) is 27.6. The fourth-order valence-electron chi connectivity index (χ4n) is 2.83. The standard InChI is InChI=1S/C22H17NO6/c1-14-9-21(24)29-18-10-16(7-8-17(14)18)26-13-22(25)27-12-20-23-11-19(28-20)15-5-3-2-4-6-15/h2-11H,12-13H2,1H3. The van der Waals surface area contributed by atoms with E-state index in [1.54, 1.807) is 24.4 Å². The molecule has 0 aliphatic rings. The molecule has 0 saturated carbocycles. The number of rotatable bonds is 6. The van der Waals surface area contributed by atoms with Gasteiger partial charge in [-0.1, -0.05) is 30.3 Å². The first-order valence-electron chi connectivity index (χ1n) is 8.91. The van der Waals surface area contributed by atoms with Crippen molar-refractivity contribution in [2.24, 2.45) is 0 Å². The molecule has 0 saturated heterocycles. The Balaban J connectivity index is 1.33. The van der Waals surface area contributed by atoms with E-state index in [9.17, 15) is 9.59 Å². The van der Waals surface area contributed by atoms with Crippen molar-refractivity contribution < 1.29 is 23.1 Å². The number of oxazole rings is 1. The molecule has 146 valence electrons. The Morgan fingerprint density at radius 2 is 1.90 bits per heavy atom. The summed E-state index contributed by atoms with van der Waals surface area (Å²) in [6.07, 6.45) is 1.58. The first kappa shape index (κ1) is 18.5. The van der Waals surface area contributed by atoms with Crippen LogP contribution >= 0.6 is 0 Å². The molecule has 0 aliphatic heterocycles. The number of hydrogen-bond donors (Lipinski definition) is 0. The van der Waals surface area contributed by atoms with Crippen LogP contribution in [0.2, 0.25) is 0 Å². The molecular formula is C22H17NO6. The van der Waals surface area contributed by atoms with Crippen molar-refractivity contribution in [2.75, 3.05) is 6.61 Å². The van der Waals surface area contributed by atoms with Gasteiger partial charge in [-0.2, -0.15) is 0 Å². The van der Waals surface area contributed by atoms with E-state index in [4.69, 9.17) is 18.3 Å². The van der Waals surface area contributed by atoms with E-state index in [0.29, 0.717) is 23.0 Å². The molecule has 4 aromatic rings. The van der Waals surface area contributed by atoms with Crippen LogP contribution in [0.4, 0.5) is 0 Å². The summed E-state index contributed by atoms with van der Waals surface area (Å²) in [7, 11) is 0. The first-order valence-corrected chi connectivity index (χ1v) is 8.91. The molecule has 0 atom stereocenters. The van der Waals surface area contributed by atoms with Crippen molar-refractivity contribution in [2.45, 2.75) is 13.5 Å². The molecule has 0 radical (unpaired) electrons. The zero-order chi connectivity index (χ0) is 20.2. The van der Waals surface area contributed by atoms with Crippen molar-refractivity contribution >= 4 is 16.9 Å². The van der Waals surface area contributed by atoms with Gasteiger partial charge in [0.15, 0.2) is 19.0 Å². The van der Waals surface area contributed by atoms with E-state index >= 15 is 0 Å². The lowest BCUT2D eigenvalue weighted by atomic mass is 10.1. The molecular weight excluding hydrogens is 374 g/mol. The number of ether oxygens (including phenoxy) is 2. The van der Waals surface area contributed by atoms with Crippen molar-refractivity contribution in [3.8, 4) is 17.1 Å². The number of carbonyl (C=O) groups is 1. The number of esters is 1. The lowest BCUT2D eigenvalue weighted by Crippen LogP contribution is -2.14. The Morgan fingerprint density at radius 3 is 2.72 bits per heavy atom. The number of fused-ring (bicyclic) bond motifs is 1. The van der Waals surface area contributed by atoms with Gasteiger partial charge in [0.25, 0.3) is 0 Å². The van der Waals surface area contributed by atoms with Gasteiger partial charge in [0.2, 0.25) is 5.89 Å². The first-order chi connectivity index (χ1) is 14.1. The molecule has 2 aromatic carbocycles.